The van der Waals surface area contributed by atoms with Gasteiger partial charge in [0.1, 0.15) is 5.52 Å². The van der Waals surface area contributed by atoms with Crippen LogP contribution in [0.25, 0.3) is 11.2 Å². The van der Waals surface area contributed by atoms with Crippen LogP contribution in [0.3, 0.4) is 0 Å². The number of hydrogen-bond acceptors (Lipinski definition) is 5. The van der Waals surface area contributed by atoms with Crippen molar-refractivity contribution in [2.24, 2.45) is 5.92 Å². The highest BCUT2D eigenvalue weighted by molar-refractivity contribution is 5.78. The van der Waals surface area contributed by atoms with Crippen molar-refractivity contribution in [2.45, 2.75) is 46.1 Å². The minimum Gasteiger partial charge on any atom is -0.354 e. The summed E-state index contributed by atoms with van der Waals surface area (Å²) in [6.45, 7) is 8.09. The van der Waals surface area contributed by atoms with Crippen LogP contribution in [0.4, 0.5) is 0 Å². The van der Waals surface area contributed by atoms with E-state index in [-0.39, 0.29) is 17.7 Å². The van der Waals surface area contributed by atoms with Crippen LogP contribution in [0.5, 0.6) is 0 Å². The lowest BCUT2D eigenvalue weighted by molar-refractivity contribution is -0.131. The van der Waals surface area contributed by atoms with Gasteiger partial charge in [-0.25, -0.2) is 14.6 Å². The lowest BCUT2D eigenvalue weighted by atomic mass is 10.0. The average molecular weight is 358 g/mol. The highest BCUT2D eigenvalue weighted by Crippen LogP contribution is 2.30. The lowest BCUT2D eigenvalue weighted by Gasteiger charge is -2.17. The van der Waals surface area contributed by atoms with Crippen molar-refractivity contribution in [2.75, 3.05) is 19.6 Å². The first kappa shape index (κ1) is 18.3. The Morgan fingerprint density at radius 1 is 1.31 bits per heavy atom. The van der Waals surface area contributed by atoms with Crippen LogP contribution in [-0.4, -0.2) is 56.1 Å². The number of nitrogens with one attached hydrogen (secondary N) is 1. The summed E-state index contributed by atoms with van der Waals surface area (Å²) in [5, 5.41) is 7.50. The lowest BCUT2D eigenvalue weighted by Crippen LogP contribution is -2.29. The molecule has 1 aliphatic rings. The Morgan fingerprint density at radius 2 is 2.08 bits per heavy atom. The van der Waals surface area contributed by atoms with E-state index < -0.39 is 0 Å². The number of nitrogens with zero attached hydrogens (tertiary/aromatic N) is 5. The van der Waals surface area contributed by atoms with E-state index in [0.717, 1.165) is 29.8 Å². The van der Waals surface area contributed by atoms with Crippen molar-refractivity contribution in [1.29, 1.82) is 0 Å². The molecule has 0 aliphatic carbocycles. The molecule has 0 radical (unpaired) electrons. The topological polar surface area (TPSA) is 93.0 Å². The monoisotopic (exact) mass is 358 g/mol. The molecule has 2 aromatic heterocycles. The maximum Gasteiger partial charge on any atom is 0.222 e. The molecule has 140 valence electrons. The first-order valence-electron chi connectivity index (χ1n) is 9.15. The zero-order valence-electron chi connectivity index (χ0n) is 15.6. The molecule has 1 N–H and O–H groups in total. The van der Waals surface area contributed by atoms with Crippen LogP contribution < -0.4 is 5.32 Å². The van der Waals surface area contributed by atoms with Crippen molar-refractivity contribution in [3.63, 3.8) is 0 Å². The zero-order valence-corrected chi connectivity index (χ0v) is 15.6. The van der Waals surface area contributed by atoms with Crippen LogP contribution in [-0.2, 0) is 16.1 Å². The van der Waals surface area contributed by atoms with E-state index in [0.29, 0.717) is 32.0 Å². The number of hydrogen-bond donors (Lipinski definition) is 1. The molecule has 1 saturated heterocycles. The van der Waals surface area contributed by atoms with E-state index >= 15 is 0 Å². The van der Waals surface area contributed by atoms with Gasteiger partial charge in [-0.2, -0.15) is 5.10 Å². The molecule has 1 aliphatic heterocycles. The smallest absolute Gasteiger partial charge is 0.222 e. The number of aromatic nitrogens is 4. The van der Waals surface area contributed by atoms with Crippen LogP contribution in [0.15, 0.2) is 12.4 Å². The summed E-state index contributed by atoms with van der Waals surface area (Å²) < 4.78 is 1.80. The third-order valence-electron chi connectivity index (χ3n) is 4.60. The summed E-state index contributed by atoms with van der Waals surface area (Å²) in [6, 6.07) is 0. The van der Waals surface area contributed by atoms with Crippen molar-refractivity contribution >= 4 is 23.0 Å². The van der Waals surface area contributed by atoms with Crippen molar-refractivity contribution in [3.8, 4) is 0 Å². The van der Waals surface area contributed by atoms with Gasteiger partial charge in [0.05, 0.1) is 12.2 Å². The Labute approximate surface area is 153 Å². The maximum absolute atomic E-state index is 12.3. The number of likely N-dealkylation sites (tertiary alicyclic amines) is 1. The fourth-order valence-electron chi connectivity index (χ4n) is 3.38. The number of carbonyl (C=O) groups excluding carboxylic acids is 2. The predicted molar refractivity (Wildman–Crippen MR) is 97.4 cm³/mol. The summed E-state index contributed by atoms with van der Waals surface area (Å²) in [4.78, 5) is 34.2. The van der Waals surface area contributed by atoms with E-state index in [9.17, 15) is 9.59 Å². The van der Waals surface area contributed by atoms with Crippen LogP contribution in [0, 0.1) is 5.92 Å². The second-order valence-electron chi connectivity index (χ2n) is 7.24. The van der Waals surface area contributed by atoms with E-state index in [2.05, 4.69) is 29.1 Å². The minimum atomic E-state index is -0.0668. The van der Waals surface area contributed by atoms with Gasteiger partial charge in [-0.15, -0.1) is 0 Å². The molecule has 0 bridgehead atoms. The largest absolute Gasteiger partial charge is 0.354 e. The quantitative estimate of drug-likeness (QED) is 0.841. The highest BCUT2D eigenvalue weighted by Gasteiger charge is 2.31. The van der Waals surface area contributed by atoms with Gasteiger partial charge < -0.3 is 10.2 Å². The van der Waals surface area contributed by atoms with Gasteiger partial charge in [-0.3, -0.25) is 9.59 Å². The number of fused-ring (bicyclic) bond motifs is 1. The van der Waals surface area contributed by atoms with E-state index in [1.165, 1.54) is 6.92 Å². The fraction of sp³-hybridized carbons (Fsp3) is 0.611. The van der Waals surface area contributed by atoms with Gasteiger partial charge in [-0.1, -0.05) is 13.8 Å². The Kier molecular flexibility index (Phi) is 5.49. The Hall–Kier alpha value is -2.51. The van der Waals surface area contributed by atoms with Gasteiger partial charge in [0.25, 0.3) is 0 Å². The summed E-state index contributed by atoms with van der Waals surface area (Å²) in [5.74, 6) is 0.680. The summed E-state index contributed by atoms with van der Waals surface area (Å²) >= 11 is 0. The molecule has 26 heavy (non-hydrogen) atoms. The van der Waals surface area contributed by atoms with Gasteiger partial charge in [0.2, 0.25) is 11.8 Å². The van der Waals surface area contributed by atoms with Crippen LogP contribution in [0.1, 0.15) is 45.2 Å². The number of amides is 2. The molecule has 0 saturated carbocycles. The standard InChI is InChI=1S/C18H26N6O2/c1-12(2)10-15(26)23-8-4-14(11-23)16-17-18(21-6-5-20-17)24(22-16)9-7-19-13(3)25/h5-6,12,14H,4,7-11H2,1-3H3,(H,19,25). The molecule has 1 atom stereocenters. The second-order valence-corrected chi connectivity index (χ2v) is 7.24. The number of rotatable bonds is 6. The minimum absolute atomic E-state index is 0.0668. The molecule has 1 fully saturated rings. The Bertz CT molecular complexity index is 800. The van der Waals surface area contributed by atoms with Gasteiger partial charge in [0.15, 0.2) is 5.65 Å². The van der Waals surface area contributed by atoms with Crippen LogP contribution >= 0.6 is 0 Å². The number of carbonyl (C=O) groups is 2. The first-order valence-corrected chi connectivity index (χ1v) is 9.15. The molecule has 3 rings (SSSR count). The van der Waals surface area contributed by atoms with Crippen LogP contribution in [0.2, 0.25) is 0 Å². The molecular weight excluding hydrogens is 332 g/mol. The molecule has 2 amide bonds. The molecule has 1 unspecified atom stereocenters. The molecule has 0 spiro atoms. The molecule has 8 heteroatoms. The molecule has 8 nitrogen and oxygen atoms in total. The highest BCUT2D eigenvalue weighted by atomic mass is 16.2. The molecular formula is C18H26N6O2. The average Bonchev–Trinajstić information content (AvgIpc) is 3.19. The third-order valence-corrected chi connectivity index (χ3v) is 4.60. The molecule has 3 heterocycles. The molecule has 0 aromatic carbocycles. The van der Waals surface area contributed by atoms with Gasteiger partial charge in [0, 0.05) is 51.3 Å². The summed E-state index contributed by atoms with van der Waals surface area (Å²) in [7, 11) is 0. The fourth-order valence-corrected chi connectivity index (χ4v) is 3.38. The Morgan fingerprint density at radius 3 is 2.81 bits per heavy atom. The van der Waals surface area contributed by atoms with Gasteiger partial charge in [-0.05, 0) is 12.3 Å². The first-order chi connectivity index (χ1) is 12.5. The van der Waals surface area contributed by atoms with E-state index in [1.807, 2.05) is 4.90 Å². The van der Waals surface area contributed by atoms with E-state index in [4.69, 9.17) is 5.10 Å². The SMILES string of the molecule is CC(=O)NCCn1nc(C2CCN(C(=O)CC(C)C)C2)c2nccnc21. The zero-order chi connectivity index (χ0) is 18.7. The van der Waals surface area contributed by atoms with Crippen molar-refractivity contribution < 1.29 is 9.59 Å². The van der Waals surface area contributed by atoms with Crippen molar-refractivity contribution in [3.05, 3.63) is 18.1 Å². The van der Waals surface area contributed by atoms with E-state index in [1.54, 1.807) is 17.1 Å². The third kappa shape index (κ3) is 4.00. The second kappa shape index (κ2) is 7.80. The normalized spacial score (nSPS) is 17.2. The van der Waals surface area contributed by atoms with Gasteiger partial charge >= 0.3 is 0 Å². The summed E-state index contributed by atoms with van der Waals surface area (Å²) in [5.41, 5.74) is 2.41. The summed E-state index contributed by atoms with van der Waals surface area (Å²) in [6.07, 6.45) is 4.79. The Balaban J connectivity index is 1.78. The maximum atomic E-state index is 12.3. The molecule has 2 aromatic rings. The predicted octanol–water partition coefficient (Wildman–Crippen LogP) is 1.32. The van der Waals surface area contributed by atoms with Crippen molar-refractivity contribution in [1.82, 2.24) is 30.0 Å².